The lowest BCUT2D eigenvalue weighted by Crippen LogP contribution is -2.19. The van der Waals surface area contributed by atoms with Crippen LogP contribution < -0.4 is 10.6 Å². The average Bonchev–Trinajstić information content (AvgIpc) is 2.91. The molecule has 0 saturated heterocycles. The minimum Gasteiger partial charge on any atom is -0.355 e. The number of carbonyl (C=O) groups excluding carboxylic acids is 2. The van der Waals surface area contributed by atoms with E-state index in [0.717, 1.165) is 0 Å². The summed E-state index contributed by atoms with van der Waals surface area (Å²) in [6, 6.07) is 8.44. The first kappa shape index (κ1) is 12.8. The molecule has 0 radical (unpaired) electrons. The van der Waals surface area contributed by atoms with Gasteiger partial charge in [0.25, 0.3) is 5.91 Å². The van der Waals surface area contributed by atoms with Crippen LogP contribution in [0.4, 0.5) is 5.69 Å². The molecule has 0 unspecified atom stereocenters. The van der Waals surface area contributed by atoms with Crippen molar-refractivity contribution in [3.63, 3.8) is 0 Å². The molecule has 0 saturated carbocycles. The molecule has 0 fully saturated rings. The van der Waals surface area contributed by atoms with Gasteiger partial charge < -0.3 is 10.6 Å². The Hall–Kier alpha value is -2.63. The smallest absolute Gasteiger partial charge is 0.251 e. The molecule has 2 N–H and O–H groups in total. The summed E-state index contributed by atoms with van der Waals surface area (Å²) in [7, 11) is 1.57. The van der Waals surface area contributed by atoms with Gasteiger partial charge in [0.1, 0.15) is 6.54 Å². The van der Waals surface area contributed by atoms with Crippen LogP contribution in [0.1, 0.15) is 10.4 Å². The molecule has 0 aliphatic carbocycles. The number of amides is 2. The third-order valence-electron chi connectivity index (χ3n) is 2.52. The minimum atomic E-state index is -0.170. The van der Waals surface area contributed by atoms with Crippen LogP contribution in [-0.4, -0.2) is 28.6 Å². The summed E-state index contributed by atoms with van der Waals surface area (Å²) in [4.78, 5) is 23.1. The summed E-state index contributed by atoms with van der Waals surface area (Å²) < 4.78 is 1.54. The van der Waals surface area contributed by atoms with Crippen LogP contribution in [0.25, 0.3) is 0 Å². The Labute approximate surface area is 110 Å². The highest BCUT2D eigenvalue weighted by Gasteiger charge is 2.05. The van der Waals surface area contributed by atoms with Crippen LogP contribution in [0.3, 0.4) is 0 Å². The van der Waals surface area contributed by atoms with E-state index in [4.69, 9.17) is 0 Å². The number of benzene rings is 1. The normalized spacial score (nSPS) is 9.95. The minimum absolute atomic E-state index is 0.157. The number of hydrogen-bond acceptors (Lipinski definition) is 3. The number of nitrogens with zero attached hydrogens (tertiary/aromatic N) is 2. The Morgan fingerprint density at radius 2 is 2.00 bits per heavy atom. The van der Waals surface area contributed by atoms with E-state index in [1.807, 2.05) is 0 Å². The number of rotatable bonds is 4. The fourth-order valence-electron chi connectivity index (χ4n) is 1.59. The number of hydrogen-bond donors (Lipinski definition) is 2. The molecule has 98 valence electrons. The molecule has 0 spiro atoms. The largest absolute Gasteiger partial charge is 0.355 e. The molecule has 2 rings (SSSR count). The van der Waals surface area contributed by atoms with Gasteiger partial charge in [-0.1, -0.05) is 0 Å². The molecule has 0 aliphatic rings. The summed E-state index contributed by atoms with van der Waals surface area (Å²) >= 11 is 0. The standard InChI is InChI=1S/C13H14N4O2/c1-14-13(19)10-3-5-11(6-4-10)16-12(18)9-17-8-2-7-15-17/h2-8H,9H2,1H3,(H,14,19)(H,16,18). The predicted octanol–water partition coefficient (Wildman–Crippen LogP) is 0.881. The van der Waals surface area contributed by atoms with Gasteiger partial charge in [0, 0.05) is 30.7 Å². The molecule has 1 heterocycles. The highest BCUT2D eigenvalue weighted by atomic mass is 16.2. The van der Waals surface area contributed by atoms with Gasteiger partial charge in [0.05, 0.1) is 0 Å². The van der Waals surface area contributed by atoms with Gasteiger partial charge in [-0.15, -0.1) is 0 Å². The Bertz CT molecular complexity index is 561. The number of nitrogens with one attached hydrogen (secondary N) is 2. The molecule has 2 aromatic rings. The maximum atomic E-state index is 11.7. The van der Waals surface area contributed by atoms with Crippen LogP contribution >= 0.6 is 0 Å². The van der Waals surface area contributed by atoms with Crippen molar-refractivity contribution in [1.82, 2.24) is 15.1 Å². The highest BCUT2D eigenvalue weighted by molar-refractivity contribution is 5.95. The van der Waals surface area contributed by atoms with Gasteiger partial charge >= 0.3 is 0 Å². The molecule has 1 aromatic carbocycles. The Morgan fingerprint density at radius 3 is 2.58 bits per heavy atom. The van der Waals surface area contributed by atoms with E-state index in [1.54, 1.807) is 49.8 Å². The van der Waals surface area contributed by atoms with E-state index in [1.165, 1.54) is 4.68 Å². The number of carbonyl (C=O) groups is 2. The molecule has 1 aromatic heterocycles. The fourth-order valence-corrected chi connectivity index (χ4v) is 1.59. The van der Waals surface area contributed by atoms with Crippen LogP contribution in [-0.2, 0) is 11.3 Å². The summed E-state index contributed by atoms with van der Waals surface area (Å²) in [5, 5.41) is 9.22. The number of aromatic nitrogens is 2. The molecule has 2 amide bonds. The monoisotopic (exact) mass is 258 g/mol. The van der Waals surface area contributed by atoms with E-state index in [0.29, 0.717) is 11.3 Å². The molecule has 0 aliphatic heterocycles. The van der Waals surface area contributed by atoms with Crippen molar-refractivity contribution < 1.29 is 9.59 Å². The Kier molecular flexibility index (Phi) is 3.92. The zero-order valence-corrected chi connectivity index (χ0v) is 10.5. The van der Waals surface area contributed by atoms with E-state index in [-0.39, 0.29) is 18.4 Å². The SMILES string of the molecule is CNC(=O)c1ccc(NC(=O)Cn2cccn2)cc1. The molecule has 6 nitrogen and oxygen atoms in total. The summed E-state index contributed by atoms with van der Waals surface area (Å²) in [6.07, 6.45) is 3.33. The summed E-state index contributed by atoms with van der Waals surface area (Å²) in [6.45, 7) is 0.157. The second-order valence-corrected chi connectivity index (χ2v) is 3.91. The molecule has 0 bridgehead atoms. The lowest BCUT2D eigenvalue weighted by molar-refractivity contribution is -0.116. The van der Waals surface area contributed by atoms with Crippen molar-refractivity contribution in [1.29, 1.82) is 0 Å². The van der Waals surface area contributed by atoms with Crippen molar-refractivity contribution in [3.05, 3.63) is 48.3 Å². The summed E-state index contributed by atoms with van der Waals surface area (Å²) in [5.41, 5.74) is 1.19. The number of anilines is 1. The first-order valence-electron chi connectivity index (χ1n) is 5.78. The molecule has 0 atom stereocenters. The lowest BCUT2D eigenvalue weighted by atomic mass is 10.2. The maximum Gasteiger partial charge on any atom is 0.251 e. The highest BCUT2D eigenvalue weighted by Crippen LogP contribution is 2.09. The average molecular weight is 258 g/mol. The van der Waals surface area contributed by atoms with E-state index >= 15 is 0 Å². The van der Waals surface area contributed by atoms with E-state index in [2.05, 4.69) is 15.7 Å². The van der Waals surface area contributed by atoms with Crippen LogP contribution in [0.2, 0.25) is 0 Å². The van der Waals surface area contributed by atoms with Crippen molar-refractivity contribution in [2.75, 3.05) is 12.4 Å². The lowest BCUT2D eigenvalue weighted by Gasteiger charge is -2.06. The van der Waals surface area contributed by atoms with Crippen molar-refractivity contribution in [2.24, 2.45) is 0 Å². The molecular weight excluding hydrogens is 244 g/mol. The van der Waals surface area contributed by atoms with Crippen molar-refractivity contribution >= 4 is 17.5 Å². The van der Waals surface area contributed by atoms with Crippen molar-refractivity contribution in [3.8, 4) is 0 Å². The third-order valence-corrected chi connectivity index (χ3v) is 2.52. The van der Waals surface area contributed by atoms with Gasteiger partial charge in [0.2, 0.25) is 5.91 Å². The maximum absolute atomic E-state index is 11.7. The Balaban J connectivity index is 1.96. The Morgan fingerprint density at radius 1 is 1.26 bits per heavy atom. The van der Waals surface area contributed by atoms with Crippen LogP contribution in [0.5, 0.6) is 0 Å². The van der Waals surface area contributed by atoms with Gasteiger partial charge in [-0.2, -0.15) is 5.10 Å². The zero-order valence-electron chi connectivity index (χ0n) is 10.5. The van der Waals surface area contributed by atoms with E-state index < -0.39 is 0 Å². The topological polar surface area (TPSA) is 76.0 Å². The van der Waals surface area contributed by atoms with Crippen LogP contribution in [0.15, 0.2) is 42.7 Å². The van der Waals surface area contributed by atoms with Gasteiger partial charge in [-0.05, 0) is 30.3 Å². The van der Waals surface area contributed by atoms with Gasteiger partial charge in [0.15, 0.2) is 0 Å². The second-order valence-electron chi connectivity index (χ2n) is 3.91. The first-order valence-corrected chi connectivity index (χ1v) is 5.78. The quantitative estimate of drug-likeness (QED) is 0.854. The molecule has 6 heteroatoms. The van der Waals surface area contributed by atoms with E-state index in [9.17, 15) is 9.59 Å². The van der Waals surface area contributed by atoms with Crippen LogP contribution in [0, 0.1) is 0 Å². The molecular formula is C13H14N4O2. The fraction of sp³-hybridized carbons (Fsp3) is 0.154. The summed E-state index contributed by atoms with van der Waals surface area (Å²) in [5.74, 6) is -0.328. The predicted molar refractivity (Wildman–Crippen MR) is 70.7 cm³/mol. The van der Waals surface area contributed by atoms with Crippen molar-refractivity contribution in [2.45, 2.75) is 6.54 Å². The molecule has 19 heavy (non-hydrogen) atoms. The zero-order chi connectivity index (χ0) is 13.7. The third kappa shape index (κ3) is 3.41. The first-order chi connectivity index (χ1) is 9.19. The van der Waals surface area contributed by atoms with Gasteiger partial charge in [-0.25, -0.2) is 0 Å². The second kappa shape index (κ2) is 5.81. The van der Waals surface area contributed by atoms with Gasteiger partial charge in [-0.3, -0.25) is 14.3 Å².